The van der Waals surface area contributed by atoms with Crippen LogP contribution in [0.2, 0.25) is 0 Å². The molecule has 1 N–H and O–H groups in total. The lowest BCUT2D eigenvalue weighted by molar-refractivity contribution is 0.678. The Kier molecular flexibility index (Phi) is 6.01. The van der Waals surface area contributed by atoms with Crippen LogP contribution in [0.25, 0.3) is 33.9 Å². The molecule has 0 aliphatic rings. The van der Waals surface area contributed by atoms with Crippen molar-refractivity contribution >= 4 is 0 Å². The fraction of sp³-hybridized carbons (Fsp3) is 0.192. The van der Waals surface area contributed by atoms with E-state index in [0.717, 1.165) is 59.7 Å². The van der Waals surface area contributed by atoms with E-state index in [1.165, 1.54) is 5.56 Å². The number of nitrogens with zero attached hydrogens (tertiary/aromatic N) is 6. The quantitative estimate of drug-likeness (QED) is 0.363. The van der Waals surface area contributed by atoms with Crippen molar-refractivity contribution in [1.82, 2.24) is 35.2 Å². The normalized spacial score (nSPS) is 11.1. The monoisotopic (exact) mass is 435 g/mol. The first-order valence-electron chi connectivity index (χ1n) is 11.2. The summed E-state index contributed by atoms with van der Waals surface area (Å²) in [6.45, 7) is 2.98. The lowest BCUT2D eigenvalue weighted by atomic mass is 9.98. The number of tetrazole rings is 1. The molecule has 7 nitrogen and oxygen atoms in total. The maximum absolute atomic E-state index is 4.90. The minimum absolute atomic E-state index is 0.593. The summed E-state index contributed by atoms with van der Waals surface area (Å²) >= 11 is 0. The van der Waals surface area contributed by atoms with Gasteiger partial charge in [-0.15, -0.1) is 10.2 Å². The highest BCUT2D eigenvalue weighted by Crippen LogP contribution is 2.30. The number of aromatic amines is 1. The molecule has 5 rings (SSSR count). The molecule has 0 aliphatic heterocycles. The van der Waals surface area contributed by atoms with Crippen LogP contribution >= 0.6 is 0 Å². The molecule has 164 valence electrons. The highest BCUT2D eigenvalue weighted by molar-refractivity contribution is 5.80. The van der Waals surface area contributed by atoms with Gasteiger partial charge in [-0.3, -0.25) is 4.98 Å². The third-order valence-corrected chi connectivity index (χ3v) is 5.67. The third-order valence-electron chi connectivity index (χ3n) is 5.67. The first kappa shape index (κ1) is 20.8. The zero-order valence-electron chi connectivity index (χ0n) is 18.5. The van der Waals surface area contributed by atoms with Crippen LogP contribution in [0.5, 0.6) is 0 Å². The van der Waals surface area contributed by atoms with Crippen molar-refractivity contribution in [3.63, 3.8) is 0 Å². The number of benzene rings is 2. The topological polar surface area (TPSA) is 85.2 Å². The van der Waals surface area contributed by atoms with E-state index in [4.69, 9.17) is 4.98 Å². The predicted molar refractivity (Wildman–Crippen MR) is 128 cm³/mol. The van der Waals surface area contributed by atoms with Gasteiger partial charge < -0.3 is 4.57 Å². The third kappa shape index (κ3) is 4.57. The Hall–Kier alpha value is -4.13. The van der Waals surface area contributed by atoms with Gasteiger partial charge in [0.2, 0.25) is 5.82 Å². The first-order chi connectivity index (χ1) is 16.3. The van der Waals surface area contributed by atoms with E-state index in [2.05, 4.69) is 73.6 Å². The summed E-state index contributed by atoms with van der Waals surface area (Å²) in [5.41, 5.74) is 6.20. The fourth-order valence-electron chi connectivity index (χ4n) is 3.96. The van der Waals surface area contributed by atoms with Gasteiger partial charge in [0.15, 0.2) is 0 Å². The summed E-state index contributed by atoms with van der Waals surface area (Å²) in [6, 6.07) is 22.7. The molecule has 0 bridgehead atoms. The van der Waals surface area contributed by atoms with Crippen LogP contribution in [0.1, 0.15) is 31.2 Å². The van der Waals surface area contributed by atoms with E-state index in [-0.39, 0.29) is 0 Å². The molecule has 5 aromatic rings. The molecular formula is C26H25N7. The van der Waals surface area contributed by atoms with Crippen molar-refractivity contribution in [1.29, 1.82) is 0 Å². The van der Waals surface area contributed by atoms with Gasteiger partial charge in [-0.05, 0) is 40.5 Å². The van der Waals surface area contributed by atoms with E-state index in [1.807, 2.05) is 42.6 Å². The average Bonchev–Trinajstić information content (AvgIpc) is 3.54. The van der Waals surface area contributed by atoms with Crippen molar-refractivity contribution in [3.05, 3.63) is 90.5 Å². The lowest BCUT2D eigenvalue weighted by Crippen LogP contribution is -2.04. The molecule has 0 atom stereocenters. The summed E-state index contributed by atoms with van der Waals surface area (Å²) in [6.07, 6.45) is 7.14. The smallest absolute Gasteiger partial charge is 0.205 e. The molecule has 0 unspecified atom stereocenters. The molecule has 2 aromatic carbocycles. The maximum atomic E-state index is 4.90. The number of hydrogen-bond acceptors (Lipinski definition) is 5. The van der Waals surface area contributed by atoms with E-state index < -0.39 is 0 Å². The summed E-state index contributed by atoms with van der Waals surface area (Å²) in [4.78, 5) is 9.37. The van der Waals surface area contributed by atoms with Crippen LogP contribution in [0.3, 0.4) is 0 Å². The van der Waals surface area contributed by atoms with Crippen molar-refractivity contribution in [2.45, 2.75) is 32.7 Å². The van der Waals surface area contributed by atoms with Crippen molar-refractivity contribution < 1.29 is 0 Å². The molecule has 0 fully saturated rings. The molecular weight excluding hydrogens is 410 g/mol. The fourth-order valence-corrected chi connectivity index (χ4v) is 3.96. The molecule has 0 spiro atoms. The van der Waals surface area contributed by atoms with Gasteiger partial charge in [-0.2, -0.15) is 5.21 Å². The molecule has 33 heavy (non-hydrogen) atoms. The SMILES string of the molecule is CCCCc1nc(-c2ccccn2)cn1Cc1ccc(-c2ccccc2-c2nn[nH]n2)cc1. The second-order valence-electron chi connectivity index (χ2n) is 7.97. The van der Waals surface area contributed by atoms with Crippen molar-refractivity contribution in [2.75, 3.05) is 0 Å². The second-order valence-corrected chi connectivity index (χ2v) is 7.97. The van der Waals surface area contributed by atoms with Crippen LogP contribution in [0.15, 0.2) is 79.1 Å². The van der Waals surface area contributed by atoms with Crippen LogP contribution in [0, 0.1) is 0 Å². The lowest BCUT2D eigenvalue weighted by Gasteiger charge is -2.10. The second kappa shape index (κ2) is 9.56. The Bertz CT molecular complexity index is 1310. The number of hydrogen-bond donors (Lipinski definition) is 1. The summed E-state index contributed by atoms with van der Waals surface area (Å²) in [5.74, 6) is 1.69. The number of aromatic nitrogens is 7. The predicted octanol–water partition coefficient (Wildman–Crippen LogP) is 5.18. The zero-order valence-corrected chi connectivity index (χ0v) is 18.5. The number of imidazole rings is 1. The van der Waals surface area contributed by atoms with Gasteiger partial charge in [0.1, 0.15) is 11.5 Å². The Morgan fingerprint density at radius 3 is 2.42 bits per heavy atom. The Morgan fingerprint density at radius 2 is 1.70 bits per heavy atom. The minimum Gasteiger partial charge on any atom is -0.330 e. The average molecular weight is 436 g/mol. The van der Waals surface area contributed by atoms with Gasteiger partial charge in [-0.1, -0.05) is 67.9 Å². The molecule has 0 radical (unpaired) electrons. The van der Waals surface area contributed by atoms with E-state index >= 15 is 0 Å². The molecule has 7 heteroatoms. The molecule has 3 aromatic heterocycles. The number of pyridine rings is 1. The molecule has 0 amide bonds. The highest BCUT2D eigenvalue weighted by atomic mass is 15.5. The highest BCUT2D eigenvalue weighted by Gasteiger charge is 2.13. The van der Waals surface area contributed by atoms with E-state index in [0.29, 0.717) is 5.82 Å². The van der Waals surface area contributed by atoms with Gasteiger partial charge in [0, 0.05) is 30.9 Å². The van der Waals surface area contributed by atoms with Crippen molar-refractivity contribution in [3.8, 4) is 33.9 Å². The number of unbranched alkanes of at least 4 members (excludes halogenated alkanes) is 1. The van der Waals surface area contributed by atoms with Gasteiger partial charge >= 0.3 is 0 Å². The molecule has 0 saturated carbocycles. The molecule has 0 aliphatic carbocycles. The summed E-state index contributed by atoms with van der Waals surface area (Å²) < 4.78 is 2.25. The zero-order chi connectivity index (χ0) is 22.5. The van der Waals surface area contributed by atoms with Crippen molar-refractivity contribution in [2.24, 2.45) is 0 Å². The Labute approximate surface area is 192 Å². The molecule has 0 saturated heterocycles. The number of nitrogens with one attached hydrogen (secondary N) is 1. The first-order valence-corrected chi connectivity index (χ1v) is 11.2. The minimum atomic E-state index is 0.593. The Balaban J connectivity index is 1.42. The van der Waals surface area contributed by atoms with Crippen LogP contribution < -0.4 is 0 Å². The number of aryl methyl sites for hydroxylation is 1. The van der Waals surface area contributed by atoms with Crippen LogP contribution in [-0.4, -0.2) is 35.2 Å². The van der Waals surface area contributed by atoms with Crippen LogP contribution in [-0.2, 0) is 13.0 Å². The summed E-state index contributed by atoms with van der Waals surface area (Å²) in [5, 5.41) is 14.5. The largest absolute Gasteiger partial charge is 0.330 e. The number of H-pyrrole nitrogens is 1. The van der Waals surface area contributed by atoms with Gasteiger partial charge in [0.25, 0.3) is 0 Å². The van der Waals surface area contributed by atoms with E-state index in [1.54, 1.807) is 0 Å². The van der Waals surface area contributed by atoms with Crippen LogP contribution in [0.4, 0.5) is 0 Å². The Morgan fingerprint density at radius 1 is 0.879 bits per heavy atom. The van der Waals surface area contributed by atoms with Gasteiger partial charge in [-0.25, -0.2) is 4.98 Å². The molecule has 3 heterocycles. The standard InChI is InChI=1S/C26H25N7/c1-2-3-11-25-28-24(23-10-6-7-16-27-23)18-33(25)17-19-12-14-20(15-13-19)21-8-4-5-9-22(21)26-29-31-32-30-26/h4-10,12-16,18H,2-3,11,17H2,1H3,(H,29,30,31,32). The van der Waals surface area contributed by atoms with E-state index in [9.17, 15) is 0 Å². The number of rotatable bonds is 8. The summed E-state index contributed by atoms with van der Waals surface area (Å²) in [7, 11) is 0. The maximum Gasteiger partial charge on any atom is 0.205 e. The van der Waals surface area contributed by atoms with Gasteiger partial charge in [0.05, 0.1) is 5.69 Å².